The van der Waals surface area contributed by atoms with E-state index in [4.69, 9.17) is 0 Å². The zero-order valence-corrected chi connectivity index (χ0v) is 14.6. The summed E-state index contributed by atoms with van der Waals surface area (Å²) in [6.07, 6.45) is 4.11. The molecule has 2 aromatic heterocycles. The molecule has 0 saturated heterocycles. The normalized spacial score (nSPS) is 10.6. The van der Waals surface area contributed by atoms with Gasteiger partial charge in [0.25, 0.3) is 5.56 Å². The minimum absolute atomic E-state index is 0.129. The summed E-state index contributed by atoms with van der Waals surface area (Å²) in [7, 11) is 0. The van der Waals surface area contributed by atoms with E-state index < -0.39 is 0 Å². The molecule has 0 atom stereocenters. The molecule has 1 N–H and O–H groups in total. The number of carbonyl (C=O) groups excluding carboxylic acids is 1. The third-order valence-electron chi connectivity index (χ3n) is 4.00. The van der Waals surface area contributed by atoms with E-state index in [-0.39, 0.29) is 23.7 Å². The molecule has 0 spiro atoms. The molecule has 27 heavy (non-hydrogen) atoms. The van der Waals surface area contributed by atoms with Gasteiger partial charge in [0, 0.05) is 43.5 Å². The summed E-state index contributed by atoms with van der Waals surface area (Å²) in [5.41, 5.74) is 2.09. The number of halogens is 1. The maximum atomic E-state index is 12.9. The van der Waals surface area contributed by atoms with Gasteiger partial charge >= 0.3 is 0 Å². The van der Waals surface area contributed by atoms with Crippen molar-refractivity contribution in [3.05, 3.63) is 82.7 Å². The molecule has 0 aliphatic rings. The van der Waals surface area contributed by atoms with Crippen LogP contribution in [0.5, 0.6) is 0 Å². The van der Waals surface area contributed by atoms with Crippen molar-refractivity contribution in [2.24, 2.45) is 0 Å². The summed E-state index contributed by atoms with van der Waals surface area (Å²) in [5.74, 6) is -0.438. The van der Waals surface area contributed by atoms with Crippen LogP contribution in [0.25, 0.3) is 11.3 Å². The Kier molecular flexibility index (Phi) is 6.04. The van der Waals surface area contributed by atoms with Crippen molar-refractivity contribution in [2.45, 2.75) is 25.9 Å². The third-order valence-corrected chi connectivity index (χ3v) is 4.00. The maximum absolute atomic E-state index is 12.9. The van der Waals surface area contributed by atoms with Gasteiger partial charge in [-0.1, -0.05) is 12.1 Å². The highest BCUT2D eigenvalue weighted by atomic mass is 19.1. The molecular formula is C20H19FN4O2. The Morgan fingerprint density at radius 2 is 1.93 bits per heavy atom. The predicted octanol–water partition coefficient (Wildman–Crippen LogP) is 2.54. The second-order valence-corrected chi connectivity index (χ2v) is 6.03. The average Bonchev–Trinajstić information content (AvgIpc) is 2.69. The topological polar surface area (TPSA) is 76.9 Å². The van der Waals surface area contributed by atoms with Crippen LogP contribution in [0.1, 0.15) is 18.4 Å². The fourth-order valence-corrected chi connectivity index (χ4v) is 2.56. The minimum atomic E-state index is -0.309. The van der Waals surface area contributed by atoms with Gasteiger partial charge in [-0.05, 0) is 42.3 Å². The average molecular weight is 366 g/mol. The van der Waals surface area contributed by atoms with Gasteiger partial charge in [0.15, 0.2) is 0 Å². The highest BCUT2D eigenvalue weighted by Crippen LogP contribution is 2.12. The molecule has 1 aromatic carbocycles. The first kappa shape index (κ1) is 18.4. The number of aromatic nitrogens is 3. The quantitative estimate of drug-likeness (QED) is 0.697. The molecule has 0 fully saturated rings. The molecule has 0 radical (unpaired) electrons. The summed E-state index contributed by atoms with van der Waals surface area (Å²) in [6, 6.07) is 12.8. The molecule has 0 unspecified atom stereocenters. The fraction of sp³-hybridized carbons (Fsp3) is 0.200. The molecule has 0 bridgehead atoms. The number of pyridine rings is 1. The number of aryl methyl sites for hydroxylation is 1. The minimum Gasteiger partial charge on any atom is -0.352 e. The van der Waals surface area contributed by atoms with Gasteiger partial charge in [0.05, 0.1) is 5.69 Å². The first-order valence-corrected chi connectivity index (χ1v) is 8.61. The highest BCUT2D eigenvalue weighted by Gasteiger charge is 2.06. The van der Waals surface area contributed by atoms with Crippen LogP contribution in [0, 0.1) is 5.82 Å². The molecule has 6 nitrogen and oxygen atoms in total. The van der Waals surface area contributed by atoms with E-state index in [1.807, 2.05) is 6.07 Å². The zero-order valence-electron chi connectivity index (χ0n) is 14.6. The summed E-state index contributed by atoms with van der Waals surface area (Å²) in [6.45, 7) is 0.685. The lowest BCUT2D eigenvalue weighted by Gasteiger charge is -2.08. The molecule has 0 aliphatic heterocycles. The number of nitrogens with zero attached hydrogens (tertiary/aromatic N) is 3. The first-order chi connectivity index (χ1) is 13.1. The molecule has 138 valence electrons. The van der Waals surface area contributed by atoms with Crippen LogP contribution in [0.15, 0.2) is 65.7 Å². The summed E-state index contributed by atoms with van der Waals surface area (Å²) in [4.78, 5) is 28.0. The Labute approximate surface area is 155 Å². The number of rotatable bonds is 7. The lowest BCUT2D eigenvalue weighted by molar-refractivity contribution is -0.121. The first-order valence-electron chi connectivity index (χ1n) is 8.61. The molecule has 7 heteroatoms. The number of hydrogen-bond acceptors (Lipinski definition) is 4. The van der Waals surface area contributed by atoms with E-state index in [0.717, 1.165) is 11.1 Å². The summed E-state index contributed by atoms with van der Waals surface area (Å²) in [5, 5.41) is 7.12. The number of benzene rings is 1. The maximum Gasteiger partial charge on any atom is 0.266 e. The molecule has 3 aromatic rings. The predicted molar refractivity (Wildman–Crippen MR) is 99.2 cm³/mol. The van der Waals surface area contributed by atoms with Crippen LogP contribution in [0.3, 0.4) is 0 Å². The van der Waals surface area contributed by atoms with Crippen LogP contribution in [-0.4, -0.2) is 20.7 Å². The highest BCUT2D eigenvalue weighted by molar-refractivity contribution is 5.75. The van der Waals surface area contributed by atoms with E-state index in [1.165, 1.54) is 22.9 Å². The van der Waals surface area contributed by atoms with Crippen LogP contribution < -0.4 is 10.9 Å². The number of nitrogens with one attached hydrogen (secondary N) is 1. The second-order valence-electron chi connectivity index (χ2n) is 6.03. The smallest absolute Gasteiger partial charge is 0.266 e. The van der Waals surface area contributed by atoms with E-state index in [9.17, 15) is 14.0 Å². The van der Waals surface area contributed by atoms with E-state index in [1.54, 1.807) is 36.7 Å². The van der Waals surface area contributed by atoms with Gasteiger partial charge in [0.1, 0.15) is 5.82 Å². The van der Waals surface area contributed by atoms with Crippen LogP contribution in [0.4, 0.5) is 4.39 Å². The van der Waals surface area contributed by atoms with Crippen molar-refractivity contribution in [2.75, 3.05) is 0 Å². The molecular weight excluding hydrogens is 347 g/mol. The second kappa shape index (κ2) is 8.84. The van der Waals surface area contributed by atoms with Gasteiger partial charge in [0.2, 0.25) is 5.91 Å². The van der Waals surface area contributed by atoms with Crippen molar-refractivity contribution in [3.63, 3.8) is 0 Å². The van der Waals surface area contributed by atoms with E-state index >= 15 is 0 Å². The Morgan fingerprint density at radius 3 is 2.67 bits per heavy atom. The Morgan fingerprint density at radius 1 is 1.11 bits per heavy atom. The molecule has 2 heterocycles. The third kappa shape index (κ3) is 5.31. The van der Waals surface area contributed by atoms with Crippen LogP contribution >= 0.6 is 0 Å². The molecule has 1 amide bonds. The molecule has 0 aliphatic carbocycles. The number of hydrogen-bond donors (Lipinski definition) is 1. The van der Waals surface area contributed by atoms with Crippen LogP contribution in [-0.2, 0) is 17.9 Å². The van der Waals surface area contributed by atoms with Crippen molar-refractivity contribution in [1.29, 1.82) is 0 Å². The molecule has 3 rings (SSSR count). The van der Waals surface area contributed by atoms with Crippen molar-refractivity contribution in [1.82, 2.24) is 20.1 Å². The largest absolute Gasteiger partial charge is 0.352 e. The summed E-state index contributed by atoms with van der Waals surface area (Å²) < 4.78 is 14.2. The monoisotopic (exact) mass is 366 g/mol. The molecule has 0 saturated carbocycles. The zero-order chi connectivity index (χ0) is 19.1. The number of amides is 1. The Bertz CT molecular complexity index is 956. The van der Waals surface area contributed by atoms with Crippen LogP contribution in [0.2, 0.25) is 0 Å². The lowest BCUT2D eigenvalue weighted by Crippen LogP contribution is -2.25. The SMILES string of the molecule is O=C(CCCn1nc(-c2cccnc2)ccc1=O)NCc1ccc(F)cc1. The lowest BCUT2D eigenvalue weighted by atomic mass is 10.2. The van der Waals surface area contributed by atoms with Gasteiger partial charge in [-0.3, -0.25) is 14.6 Å². The standard InChI is InChI=1S/C20H19FN4O2/c21-17-7-5-15(6-8-17)13-23-19(26)4-2-12-25-20(27)10-9-18(24-25)16-3-1-11-22-14-16/h1,3,5-11,14H,2,4,12-13H2,(H,23,26). The van der Waals surface area contributed by atoms with Gasteiger partial charge in [-0.2, -0.15) is 5.10 Å². The van der Waals surface area contributed by atoms with E-state index in [0.29, 0.717) is 25.2 Å². The van der Waals surface area contributed by atoms with Crippen molar-refractivity contribution < 1.29 is 9.18 Å². The van der Waals surface area contributed by atoms with E-state index in [2.05, 4.69) is 15.4 Å². The fourth-order valence-electron chi connectivity index (χ4n) is 2.56. The summed E-state index contributed by atoms with van der Waals surface area (Å²) >= 11 is 0. The van der Waals surface area contributed by atoms with Crippen molar-refractivity contribution in [3.8, 4) is 11.3 Å². The van der Waals surface area contributed by atoms with Crippen molar-refractivity contribution >= 4 is 5.91 Å². The Balaban J connectivity index is 1.51. The van der Waals surface area contributed by atoms with Gasteiger partial charge in [-0.15, -0.1) is 0 Å². The van der Waals surface area contributed by atoms with Gasteiger partial charge in [-0.25, -0.2) is 9.07 Å². The number of carbonyl (C=O) groups is 1. The van der Waals surface area contributed by atoms with Gasteiger partial charge < -0.3 is 5.32 Å². The Hall–Kier alpha value is -3.35.